The molecular weight excluding hydrogens is 458 g/mol. The molecule has 0 aliphatic carbocycles. The van der Waals surface area contributed by atoms with Gasteiger partial charge >= 0.3 is 0 Å². The molecule has 0 radical (unpaired) electrons. The number of aryl methyl sites for hydroxylation is 2. The molecular formula is C29H28ClN3O2. The van der Waals surface area contributed by atoms with Crippen LogP contribution in [0.3, 0.4) is 0 Å². The molecule has 2 heterocycles. The molecule has 2 aliphatic heterocycles. The molecule has 1 saturated heterocycles. The number of nitrogens with zero attached hydrogens (tertiary/aromatic N) is 3. The summed E-state index contributed by atoms with van der Waals surface area (Å²) in [5.74, 6) is -0.803. The van der Waals surface area contributed by atoms with Crippen molar-refractivity contribution in [3.63, 3.8) is 0 Å². The van der Waals surface area contributed by atoms with Gasteiger partial charge in [0.25, 0.3) is 11.8 Å². The molecule has 0 bridgehead atoms. The molecule has 5 nitrogen and oxygen atoms in total. The molecule has 6 heteroatoms. The van der Waals surface area contributed by atoms with Gasteiger partial charge in [-0.15, -0.1) is 0 Å². The van der Waals surface area contributed by atoms with Crippen LogP contribution in [0.15, 0.2) is 89.6 Å². The summed E-state index contributed by atoms with van der Waals surface area (Å²) >= 11 is 6.48. The topological polar surface area (TPSA) is 43.9 Å². The van der Waals surface area contributed by atoms with E-state index >= 15 is 0 Å². The molecule has 178 valence electrons. The second-order valence-electron chi connectivity index (χ2n) is 9.12. The fourth-order valence-electron chi connectivity index (χ4n) is 4.95. The van der Waals surface area contributed by atoms with Crippen molar-refractivity contribution in [2.24, 2.45) is 0 Å². The number of hydrogen-bond donors (Lipinski definition) is 0. The monoisotopic (exact) mass is 485 g/mol. The van der Waals surface area contributed by atoms with Gasteiger partial charge in [-0.05, 0) is 48.2 Å². The van der Waals surface area contributed by atoms with Crippen molar-refractivity contribution in [1.82, 2.24) is 9.80 Å². The number of halogens is 1. The number of rotatable bonds is 5. The van der Waals surface area contributed by atoms with Crippen molar-refractivity contribution < 1.29 is 9.59 Å². The maximum atomic E-state index is 13.4. The molecule has 0 saturated carbocycles. The first-order valence-corrected chi connectivity index (χ1v) is 12.3. The molecule has 0 atom stereocenters. The summed E-state index contributed by atoms with van der Waals surface area (Å²) in [6.45, 7) is 6.68. The van der Waals surface area contributed by atoms with E-state index in [1.807, 2.05) is 43.0 Å². The highest BCUT2D eigenvalue weighted by Gasteiger charge is 2.42. The Morgan fingerprint density at radius 2 is 1.29 bits per heavy atom. The van der Waals surface area contributed by atoms with Crippen LogP contribution in [0.5, 0.6) is 0 Å². The molecule has 0 N–H and O–H groups in total. The zero-order valence-electron chi connectivity index (χ0n) is 19.9. The van der Waals surface area contributed by atoms with E-state index in [9.17, 15) is 9.59 Å². The van der Waals surface area contributed by atoms with Crippen LogP contribution in [0.1, 0.15) is 28.3 Å². The van der Waals surface area contributed by atoms with Gasteiger partial charge in [-0.25, -0.2) is 4.90 Å². The van der Waals surface area contributed by atoms with Gasteiger partial charge in [0.1, 0.15) is 10.7 Å². The Hall–Kier alpha value is -3.41. The minimum Gasteiger partial charge on any atom is -0.363 e. The van der Waals surface area contributed by atoms with Crippen molar-refractivity contribution >= 4 is 29.1 Å². The van der Waals surface area contributed by atoms with E-state index in [0.717, 1.165) is 24.2 Å². The third-order valence-corrected chi connectivity index (χ3v) is 7.32. The predicted octanol–water partition coefficient (Wildman–Crippen LogP) is 5.03. The van der Waals surface area contributed by atoms with Crippen LogP contribution >= 0.6 is 11.6 Å². The van der Waals surface area contributed by atoms with Gasteiger partial charge in [-0.3, -0.25) is 14.5 Å². The minimum atomic E-state index is -0.455. The van der Waals surface area contributed by atoms with Crippen molar-refractivity contribution in [1.29, 1.82) is 0 Å². The maximum Gasteiger partial charge on any atom is 0.283 e. The maximum absolute atomic E-state index is 13.4. The lowest BCUT2D eigenvalue weighted by Crippen LogP contribution is -2.48. The Bertz CT molecular complexity index is 1240. The summed E-state index contributed by atoms with van der Waals surface area (Å²) in [7, 11) is 0. The Balaban J connectivity index is 1.36. The van der Waals surface area contributed by atoms with Crippen LogP contribution in [-0.4, -0.2) is 47.8 Å². The average molecular weight is 486 g/mol. The van der Waals surface area contributed by atoms with Gasteiger partial charge in [-0.2, -0.15) is 0 Å². The predicted molar refractivity (Wildman–Crippen MR) is 139 cm³/mol. The number of amides is 2. The van der Waals surface area contributed by atoms with Gasteiger partial charge in [0.15, 0.2) is 0 Å². The summed E-state index contributed by atoms with van der Waals surface area (Å²) in [6.07, 6.45) is 0. The van der Waals surface area contributed by atoms with Crippen LogP contribution in [-0.2, 0) is 9.59 Å². The van der Waals surface area contributed by atoms with Gasteiger partial charge < -0.3 is 4.90 Å². The summed E-state index contributed by atoms with van der Waals surface area (Å²) in [5.41, 5.74) is 5.47. The lowest BCUT2D eigenvalue weighted by molar-refractivity contribution is -0.121. The Labute approximate surface area is 211 Å². The van der Waals surface area contributed by atoms with Crippen LogP contribution in [0.4, 0.5) is 5.69 Å². The van der Waals surface area contributed by atoms with E-state index in [0.29, 0.717) is 24.5 Å². The first-order valence-electron chi connectivity index (χ1n) is 11.9. The normalized spacial score (nSPS) is 17.1. The zero-order chi connectivity index (χ0) is 24.5. The average Bonchev–Trinajstić information content (AvgIpc) is 3.11. The second-order valence-corrected chi connectivity index (χ2v) is 9.50. The first kappa shape index (κ1) is 23.3. The standard InChI is InChI=1S/C29H28ClN3O2/c1-20-13-14-24(19-21(20)2)33-28(34)25(30)27(29(33)35)32-17-15-31(16-18-32)26(22-9-5-3-6-10-22)23-11-7-4-8-12-23/h3-14,19,26H,15-18H2,1-2H3. The summed E-state index contributed by atoms with van der Waals surface area (Å²) in [5, 5.41) is 0.00402. The highest BCUT2D eigenvalue weighted by atomic mass is 35.5. The largest absolute Gasteiger partial charge is 0.363 e. The molecule has 5 rings (SSSR count). The first-order chi connectivity index (χ1) is 17.0. The third kappa shape index (κ3) is 4.38. The Morgan fingerprint density at radius 3 is 1.83 bits per heavy atom. The van der Waals surface area contributed by atoms with Crippen molar-refractivity contribution in [3.8, 4) is 0 Å². The van der Waals surface area contributed by atoms with Crippen LogP contribution in [0, 0.1) is 13.8 Å². The van der Waals surface area contributed by atoms with E-state index in [2.05, 4.69) is 53.4 Å². The molecule has 2 amide bonds. The van der Waals surface area contributed by atoms with Gasteiger partial charge in [0.05, 0.1) is 11.7 Å². The summed E-state index contributed by atoms with van der Waals surface area (Å²) in [4.78, 5) is 32.0. The van der Waals surface area contributed by atoms with Crippen LogP contribution in [0.2, 0.25) is 0 Å². The molecule has 1 fully saturated rings. The van der Waals surface area contributed by atoms with E-state index in [1.165, 1.54) is 16.0 Å². The molecule has 0 aromatic heterocycles. The Morgan fingerprint density at radius 1 is 0.714 bits per heavy atom. The quantitative estimate of drug-likeness (QED) is 0.475. The number of carbonyl (C=O) groups excluding carboxylic acids is 2. The van der Waals surface area contributed by atoms with Crippen molar-refractivity contribution in [3.05, 3.63) is 112 Å². The third-order valence-electron chi connectivity index (χ3n) is 6.98. The van der Waals surface area contributed by atoms with E-state index in [-0.39, 0.29) is 17.0 Å². The number of carbonyl (C=O) groups is 2. The minimum absolute atomic E-state index is 0.00402. The lowest BCUT2D eigenvalue weighted by Gasteiger charge is -2.40. The highest BCUT2D eigenvalue weighted by Crippen LogP contribution is 2.34. The number of anilines is 1. The van der Waals surface area contributed by atoms with Crippen molar-refractivity contribution in [2.45, 2.75) is 19.9 Å². The summed E-state index contributed by atoms with van der Waals surface area (Å²) in [6, 6.07) is 26.7. The molecule has 3 aromatic rings. The SMILES string of the molecule is Cc1ccc(N2C(=O)C(Cl)=C(N3CCN(C(c4ccccc4)c4ccccc4)CC3)C2=O)cc1C. The van der Waals surface area contributed by atoms with E-state index in [1.54, 1.807) is 6.07 Å². The lowest BCUT2D eigenvalue weighted by atomic mass is 9.96. The second kappa shape index (κ2) is 9.68. The molecule has 3 aromatic carbocycles. The van der Waals surface area contributed by atoms with Crippen molar-refractivity contribution in [2.75, 3.05) is 31.1 Å². The number of hydrogen-bond acceptors (Lipinski definition) is 4. The smallest absolute Gasteiger partial charge is 0.283 e. The van der Waals surface area contributed by atoms with Crippen LogP contribution < -0.4 is 4.90 Å². The van der Waals surface area contributed by atoms with Gasteiger partial charge in [-0.1, -0.05) is 78.3 Å². The van der Waals surface area contributed by atoms with E-state index in [4.69, 9.17) is 11.6 Å². The number of imide groups is 1. The van der Waals surface area contributed by atoms with Gasteiger partial charge in [0.2, 0.25) is 0 Å². The van der Waals surface area contributed by atoms with Crippen LogP contribution in [0.25, 0.3) is 0 Å². The Kier molecular flexibility index (Phi) is 6.46. The van der Waals surface area contributed by atoms with Gasteiger partial charge in [0, 0.05) is 26.2 Å². The number of benzene rings is 3. The summed E-state index contributed by atoms with van der Waals surface area (Å²) < 4.78 is 0. The fraction of sp³-hybridized carbons (Fsp3) is 0.241. The molecule has 2 aliphatic rings. The fourth-order valence-corrected chi connectivity index (χ4v) is 5.24. The number of piperazine rings is 1. The molecule has 35 heavy (non-hydrogen) atoms. The van der Waals surface area contributed by atoms with E-state index < -0.39 is 5.91 Å². The molecule has 0 spiro atoms. The zero-order valence-corrected chi connectivity index (χ0v) is 20.7. The highest BCUT2D eigenvalue weighted by molar-refractivity contribution is 6.52. The molecule has 0 unspecified atom stereocenters.